The van der Waals surface area contributed by atoms with Crippen LogP contribution in [0.15, 0.2) is 6.07 Å². The molecule has 0 saturated heterocycles. The standard InChI is InChI=1S/C11H15N3O2S/c1-6(5-15-3)16-9-8-4-7(2)17-10(8)14-11(12)13-9/h4,6H,5H2,1-3H3,(H2,12,13,14). The zero-order valence-electron chi connectivity index (χ0n) is 10.1. The van der Waals surface area contributed by atoms with Crippen molar-refractivity contribution in [1.82, 2.24) is 9.97 Å². The van der Waals surface area contributed by atoms with Crippen LogP contribution in [0.5, 0.6) is 5.88 Å². The average molecular weight is 253 g/mol. The molecule has 0 aliphatic rings. The molecule has 5 nitrogen and oxygen atoms in total. The van der Waals surface area contributed by atoms with E-state index in [-0.39, 0.29) is 12.1 Å². The maximum atomic E-state index is 5.71. The van der Waals surface area contributed by atoms with Gasteiger partial charge in [0.2, 0.25) is 11.8 Å². The molecule has 0 saturated carbocycles. The number of nitrogen functional groups attached to an aromatic ring is 1. The minimum absolute atomic E-state index is 0.0716. The Bertz CT molecular complexity index is 527. The molecule has 0 spiro atoms. The minimum Gasteiger partial charge on any atom is -0.472 e. The zero-order chi connectivity index (χ0) is 12.4. The van der Waals surface area contributed by atoms with E-state index in [0.29, 0.717) is 12.5 Å². The van der Waals surface area contributed by atoms with Crippen molar-refractivity contribution < 1.29 is 9.47 Å². The number of thiophene rings is 1. The molecule has 0 amide bonds. The summed E-state index contributed by atoms with van der Waals surface area (Å²) in [7, 11) is 1.64. The van der Waals surface area contributed by atoms with Crippen LogP contribution in [0, 0.1) is 6.92 Å². The zero-order valence-corrected chi connectivity index (χ0v) is 10.9. The normalized spacial score (nSPS) is 12.9. The predicted octanol–water partition coefficient (Wildman–Crippen LogP) is 2.00. The Balaban J connectivity index is 2.37. The molecule has 0 radical (unpaired) electrons. The second-order valence-electron chi connectivity index (χ2n) is 3.85. The van der Waals surface area contributed by atoms with Crippen molar-refractivity contribution >= 4 is 27.5 Å². The molecule has 2 heterocycles. The van der Waals surface area contributed by atoms with Gasteiger partial charge in [-0.3, -0.25) is 0 Å². The lowest BCUT2D eigenvalue weighted by molar-refractivity contribution is 0.0902. The number of nitrogens with zero attached hydrogens (tertiary/aromatic N) is 2. The second-order valence-corrected chi connectivity index (χ2v) is 5.08. The smallest absolute Gasteiger partial charge is 0.227 e. The number of aromatic nitrogens is 2. The third-order valence-electron chi connectivity index (χ3n) is 2.21. The van der Waals surface area contributed by atoms with E-state index in [1.165, 1.54) is 0 Å². The van der Waals surface area contributed by atoms with Crippen LogP contribution in [-0.2, 0) is 4.74 Å². The first-order valence-electron chi connectivity index (χ1n) is 5.29. The van der Waals surface area contributed by atoms with E-state index in [2.05, 4.69) is 9.97 Å². The summed E-state index contributed by atoms with van der Waals surface area (Å²) in [5.41, 5.74) is 5.66. The molecule has 0 aromatic carbocycles. The summed E-state index contributed by atoms with van der Waals surface area (Å²) in [5, 5.41) is 0.907. The van der Waals surface area contributed by atoms with Gasteiger partial charge in [-0.15, -0.1) is 11.3 Å². The van der Waals surface area contributed by atoms with Crippen LogP contribution >= 0.6 is 11.3 Å². The van der Waals surface area contributed by atoms with Crippen LogP contribution in [-0.4, -0.2) is 29.8 Å². The molecule has 2 rings (SSSR count). The number of hydrogen-bond acceptors (Lipinski definition) is 6. The SMILES string of the molecule is COCC(C)Oc1nc(N)nc2sc(C)cc12. The average Bonchev–Trinajstić information content (AvgIpc) is 2.58. The summed E-state index contributed by atoms with van der Waals surface area (Å²) >= 11 is 1.58. The Kier molecular flexibility index (Phi) is 3.44. The monoisotopic (exact) mass is 253 g/mol. The maximum Gasteiger partial charge on any atom is 0.227 e. The van der Waals surface area contributed by atoms with E-state index >= 15 is 0 Å². The van der Waals surface area contributed by atoms with E-state index in [1.54, 1.807) is 18.4 Å². The van der Waals surface area contributed by atoms with Crippen LogP contribution in [0.25, 0.3) is 10.2 Å². The molecule has 1 unspecified atom stereocenters. The molecule has 0 fully saturated rings. The van der Waals surface area contributed by atoms with Gasteiger partial charge in [0.15, 0.2) is 0 Å². The number of nitrogens with two attached hydrogens (primary N) is 1. The summed E-state index contributed by atoms with van der Waals surface area (Å²) < 4.78 is 10.7. The number of rotatable bonds is 4. The Morgan fingerprint density at radius 1 is 1.47 bits per heavy atom. The molecule has 6 heteroatoms. The number of anilines is 1. The highest BCUT2D eigenvalue weighted by atomic mass is 32.1. The van der Waals surface area contributed by atoms with Gasteiger partial charge in [0.05, 0.1) is 12.0 Å². The molecule has 2 aromatic rings. The Hall–Kier alpha value is -1.40. The molecule has 0 aliphatic heterocycles. The van der Waals surface area contributed by atoms with Gasteiger partial charge in [0.25, 0.3) is 0 Å². The molecule has 2 aromatic heterocycles. The molecule has 0 bridgehead atoms. The van der Waals surface area contributed by atoms with Crippen LogP contribution in [0.2, 0.25) is 0 Å². The summed E-state index contributed by atoms with van der Waals surface area (Å²) in [5.74, 6) is 0.764. The van der Waals surface area contributed by atoms with Crippen LogP contribution in [0.1, 0.15) is 11.8 Å². The largest absolute Gasteiger partial charge is 0.472 e. The number of methoxy groups -OCH3 is 1. The van der Waals surface area contributed by atoms with Crippen molar-refractivity contribution in [3.8, 4) is 5.88 Å². The first-order valence-corrected chi connectivity index (χ1v) is 6.11. The van der Waals surface area contributed by atoms with Crippen molar-refractivity contribution in [2.75, 3.05) is 19.5 Å². The highest BCUT2D eigenvalue weighted by molar-refractivity contribution is 7.18. The molecule has 1 atom stereocenters. The fraction of sp³-hybridized carbons (Fsp3) is 0.455. The highest BCUT2D eigenvalue weighted by Gasteiger charge is 2.13. The first-order chi connectivity index (χ1) is 8.10. The molecular formula is C11H15N3O2S. The lowest BCUT2D eigenvalue weighted by Gasteiger charge is -2.13. The summed E-state index contributed by atoms with van der Waals surface area (Å²) in [6.45, 7) is 4.45. The van der Waals surface area contributed by atoms with E-state index in [1.807, 2.05) is 19.9 Å². The quantitative estimate of drug-likeness (QED) is 0.902. The van der Waals surface area contributed by atoms with Gasteiger partial charge < -0.3 is 15.2 Å². The molecule has 92 valence electrons. The summed E-state index contributed by atoms with van der Waals surface area (Å²) in [4.78, 5) is 10.3. The number of aryl methyl sites for hydroxylation is 1. The highest BCUT2D eigenvalue weighted by Crippen LogP contribution is 2.30. The first kappa shape index (κ1) is 12.1. The molecule has 17 heavy (non-hydrogen) atoms. The van der Waals surface area contributed by atoms with Gasteiger partial charge in [-0.05, 0) is 19.9 Å². The summed E-state index contributed by atoms with van der Waals surface area (Å²) in [6.07, 6.45) is -0.0716. The molecule has 0 aliphatic carbocycles. The van der Waals surface area contributed by atoms with Crippen molar-refractivity contribution in [3.05, 3.63) is 10.9 Å². The fourth-order valence-corrected chi connectivity index (χ4v) is 2.46. The van der Waals surface area contributed by atoms with E-state index in [4.69, 9.17) is 15.2 Å². The van der Waals surface area contributed by atoms with Crippen LogP contribution < -0.4 is 10.5 Å². The summed E-state index contributed by atoms with van der Waals surface area (Å²) in [6, 6.07) is 2.01. The molecule has 2 N–H and O–H groups in total. The van der Waals surface area contributed by atoms with Gasteiger partial charge >= 0.3 is 0 Å². The van der Waals surface area contributed by atoms with E-state index < -0.39 is 0 Å². The minimum atomic E-state index is -0.0716. The van der Waals surface area contributed by atoms with Crippen molar-refractivity contribution in [3.63, 3.8) is 0 Å². The second kappa shape index (κ2) is 4.85. The predicted molar refractivity (Wildman–Crippen MR) is 68.5 cm³/mol. The number of ether oxygens (including phenoxy) is 2. The van der Waals surface area contributed by atoms with Gasteiger partial charge in [0, 0.05) is 12.0 Å². The van der Waals surface area contributed by atoms with Crippen LogP contribution in [0.3, 0.4) is 0 Å². The lowest BCUT2D eigenvalue weighted by Crippen LogP contribution is -2.19. The van der Waals surface area contributed by atoms with Gasteiger partial charge in [0.1, 0.15) is 10.9 Å². The van der Waals surface area contributed by atoms with Crippen LogP contribution in [0.4, 0.5) is 5.95 Å². The topological polar surface area (TPSA) is 70.3 Å². The maximum absolute atomic E-state index is 5.71. The molecular weight excluding hydrogens is 238 g/mol. The third kappa shape index (κ3) is 2.65. The number of fused-ring (bicyclic) bond motifs is 1. The van der Waals surface area contributed by atoms with Crippen molar-refractivity contribution in [2.45, 2.75) is 20.0 Å². The van der Waals surface area contributed by atoms with Crippen molar-refractivity contribution in [2.24, 2.45) is 0 Å². The number of hydrogen-bond donors (Lipinski definition) is 1. The van der Waals surface area contributed by atoms with Gasteiger partial charge in [-0.1, -0.05) is 0 Å². The van der Waals surface area contributed by atoms with Gasteiger partial charge in [-0.2, -0.15) is 4.98 Å². The van der Waals surface area contributed by atoms with Gasteiger partial charge in [-0.25, -0.2) is 4.98 Å². The Morgan fingerprint density at radius 3 is 2.94 bits per heavy atom. The fourth-order valence-electron chi connectivity index (χ4n) is 1.58. The Morgan fingerprint density at radius 2 is 2.24 bits per heavy atom. The van der Waals surface area contributed by atoms with E-state index in [9.17, 15) is 0 Å². The van der Waals surface area contributed by atoms with Crippen molar-refractivity contribution in [1.29, 1.82) is 0 Å². The third-order valence-corrected chi connectivity index (χ3v) is 3.16. The van der Waals surface area contributed by atoms with E-state index in [0.717, 1.165) is 15.1 Å². The Labute approximate surface area is 104 Å². The lowest BCUT2D eigenvalue weighted by atomic mass is 10.3.